The lowest BCUT2D eigenvalue weighted by Crippen LogP contribution is -2.21. The summed E-state index contributed by atoms with van der Waals surface area (Å²) in [5, 5.41) is 3.14. The summed E-state index contributed by atoms with van der Waals surface area (Å²) in [6.07, 6.45) is -0.146. The molecule has 0 aliphatic carbocycles. The first-order chi connectivity index (χ1) is 9.20. The summed E-state index contributed by atoms with van der Waals surface area (Å²) >= 11 is 5.75. The highest BCUT2D eigenvalue weighted by Crippen LogP contribution is 2.25. The first-order valence-corrected chi connectivity index (χ1v) is 6.39. The van der Waals surface area contributed by atoms with Crippen LogP contribution in [0.2, 0.25) is 5.02 Å². The van der Waals surface area contributed by atoms with Gasteiger partial charge in [0.15, 0.2) is 0 Å². The molecule has 1 atom stereocenters. The van der Waals surface area contributed by atoms with E-state index in [1.807, 2.05) is 37.4 Å². The molecule has 2 aromatic rings. The molecule has 0 fully saturated rings. The Bertz CT molecular complexity index is 533. The van der Waals surface area contributed by atoms with Gasteiger partial charge in [0.2, 0.25) is 0 Å². The Labute approximate surface area is 117 Å². The molecule has 0 saturated heterocycles. The molecule has 2 aromatic carbocycles. The summed E-state index contributed by atoms with van der Waals surface area (Å²) in [7, 11) is 1.86. The molecular formula is C15H15ClFNO. The number of halogens is 2. The highest BCUT2D eigenvalue weighted by atomic mass is 35.5. The van der Waals surface area contributed by atoms with Crippen molar-refractivity contribution in [3.05, 3.63) is 64.9 Å². The summed E-state index contributed by atoms with van der Waals surface area (Å²) < 4.78 is 19.0. The van der Waals surface area contributed by atoms with Crippen molar-refractivity contribution in [2.75, 3.05) is 13.6 Å². The van der Waals surface area contributed by atoms with Crippen molar-refractivity contribution in [1.82, 2.24) is 5.32 Å². The molecule has 0 radical (unpaired) electrons. The lowest BCUT2D eigenvalue weighted by molar-refractivity contribution is 0.204. The molecule has 0 saturated carbocycles. The molecule has 1 N–H and O–H groups in total. The molecule has 0 aromatic heterocycles. The number of rotatable bonds is 5. The van der Waals surface area contributed by atoms with Crippen LogP contribution < -0.4 is 10.1 Å². The highest BCUT2D eigenvalue weighted by Gasteiger charge is 2.13. The van der Waals surface area contributed by atoms with Crippen molar-refractivity contribution in [2.24, 2.45) is 0 Å². The average Bonchev–Trinajstić information content (AvgIpc) is 2.43. The van der Waals surface area contributed by atoms with E-state index >= 15 is 0 Å². The Morgan fingerprint density at radius 1 is 1.21 bits per heavy atom. The molecule has 4 heteroatoms. The summed E-state index contributed by atoms with van der Waals surface area (Å²) in [4.78, 5) is 0. The lowest BCUT2D eigenvalue weighted by atomic mass is 10.1. The van der Waals surface area contributed by atoms with Crippen LogP contribution in [0.15, 0.2) is 48.5 Å². The predicted molar refractivity (Wildman–Crippen MR) is 75.1 cm³/mol. The first kappa shape index (κ1) is 13.8. The molecule has 0 spiro atoms. The van der Waals surface area contributed by atoms with Crippen LogP contribution in [-0.2, 0) is 0 Å². The first-order valence-electron chi connectivity index (χ1n) is 6.02. The van der Waals surface area contributed by atoms with Gasteiger partial charge in [0.25, 0.3) is 0 Å². The third kappa shape index (κ3) is 3.69. The van der Waals surface area contributed by atoms with E-state index in [1.165, 1.54) is 12.1 Å². The number of ether oxygens (including phenoxy) is 1. The monoisotopic (exact) mass is 279 g/mol. The van der Waals surface area contributed by atoms with E-state index in [0.29, 0.717) is 12.3 Å². The maximum atomic E-state index is 13.1. The van der Waals surface area contributed by atoms with Crippen molar-refractivity contribution in [1.29, 1.82) is 0 Å². The topological polar surface area (TPSA) is 21.3 Å². The molecule has 0 aliphatic heterocycles. The van der Waals surface area contributed by atoms with Crippen molar-refractivity contribution < 1.29 is 9.13 Å². The highest BCUT2D eigenvalue weighted by molar-refractivity contribution is 6.30. The maximum absolute atomic E-state index is 13.1. The average molecular weight is 280 g/mol. The van der Waals surface area contributed by atoms with Crippen LogP contribution >= 0.6 is 11.6 Å². The van der Waals surface area contributed by atoms with Crippen LogP contribution in [0.4, 0.5) is 4.39 Å². The summed E-state index contributed by atoms with van der Waals surface area (Å²) in [6.45, 7) is 0.652. The van der Waals surface area contributed by atoms with Crippen molar-refractivity contribution in [3.8, 4) is 5.75 Å². The van der Waals surface area contributed by atoms with Gasteiger partial charge in [0.1, 0.15) is 17.7 Å². The smallest absolute Gasteiger partial charge is 0.142 e. The lowest BCUT2D eigenvalue weighted by Gasteiger charge is -2.19. The number of hydrogen-bond donors (Lipinski definition) is 1. The van der Waals surface area contributed by atoms with Crippen molar-refractivity contribution in [3.63, 3.8) is 0 Å². The zero-order valence-corrected chi connectivity index (χ0v) is 11.3. The summed E-state index contributed by atoms with van der Waals surface area (Å²) in [5.74, 6) is 0.106. The fraction of sp³-hybridized carbons (Fsp3) is 0.200. The molecular weight excluding hydrogens is 265 g/mol. The molecule has 100 valence electrons. The zero-order chi connectivity index (χ0) is 13.7. The quantitative estimate of drug-likeness (QED) is 0.898. The SMILES string of the molecule is CNCC(Oc1ccc(F)c(Cl)c1)c1ccccc1. The Morgan fingerprint density at radius 3 is 2.58 bits per heavy atom. The molecule has 0 bridgehead atoms. The summed E-state index contributed by atoms with van der Waals surface area (Å²) in [6, 6.07) is 14.2. The molecule has 0 amide bonds. The third-order valence-electron chi connectivity index (χ3n) is 2.73. The van der Waals surface area contributed by atoms with Gasteiger partial charge >= 0.3 is 0 Å². The second-order valence-corrected chi connectivity index (χ2v) is 4.56. The van der Waals surface area contributed by atoms with E-state index in [9.17, 15) is 4.39 Å². The van der Waals surface area contributed by atoms with E-state index in [-0.39, 0.29) is 11.1 Å². The molecule has 2 nitrogen and oxygen atoms in total. The van der Waals surface area contributed by atoms with Crippen LogP contribution in [0.25, 0.3) is 0 Å². The number of likely N-dealkylation sites (N-methyl/N-ethyl adjacent to an activating group) is 1. The van der Waals surface area contributed by atoms with Gasteiger partial charge in [-0.15, -0.1) is 0 Å². The Balaban J connectivity index is 2.19. The largest absolute Gasteiger partial charge is 0.484 e. The van der Waals surface area contributed by atoms with E-state index in [2.05, 4.69) is 5.32 Å². The molecule has 0 heterocycles. The van der Waals surface area contributed by atoms with Gasteiger partial charge in [0.05, 0.1) is 5.02 Å². The second kappa shape index (κ2) is 6.55. The van der Waals surface area contributed by atoms with Gasteiger partial charge in [-0.3, -0.25) is 0 Å². The number of benzene rings is 2. The number of hydrogen-bond acceptors (Lipinski definition) is 2. The zero-order valence-electron chi connectivity index (χ0n) is 10.6. The molecule has 2 rings (SSSR count). The van der Waals surface area contributed by atoms with Crippen LogP contribution in [-0.4, -0.2) is 13.6 Å². The molecule has 0 aliphatic rings. The normalized spacial score (nSPS) is 12.2. The second-order valence-electron chi connectivity index (χ2n) is 4.15. The van der Waals surface area contributed by atoms with Gasteiger partial charge in [-0.05, 0) is 24.7 Å². The van der Waals surface area contributed by atoms with E-state index in [4.69, 9.17) is 16.3 Å². The van der Waals surface area contributed by atoms with E-state index < -0.39 is 5.82 Å². The van der Waals surface area contributed by atoms with Crippen LogP contribution in [0, 0.1) is 5.82 Å². The third-order valence-corrected chi connectivity index (χ3v) is 3.02. The minimum Gasteiger partial charge on any atom is -0.484 e. The minimum atomic E-state index is -0.445. The Morgan fingerprint density at radius 2 is 1.95 bits per heavy atom. The van der Waals surface area contributed by atoms with E-state index in [1.54, 1.807) is 6.07 Å². The van der Waals surface area contributed by atoms with Crippen molar-refractivity contribution >= 4 is 11.6 Å². The van der Waals surface area contributed by atoms with Gasteiger partial charge in [-0.1, -0.05) is 41.9 Å². The predicted octanol–water partition coefficient (Wildman–Crippen LogP) is 3.82. The standard InChI is InChI=1S/C15H15ClFNO/c1-18-10-15(11-5-3-2-4-6-11)19-12-7-8-14(17)13(16)9-12/h2-9,15,18H,10H2,1H3. The van der Waals surface area contributed by atoms with E-state index in [0.717, 1.165) is 5.56 Å². The minimum absolute atomic E-state index is 0.0637. The van der Waals surface area contributed by atoms with Gasteiger partial charge in [-0.25, -0.2) is 4.39 Å². The van der Waals surface area contributed by atoms with Crippen LogP contribution in [0.3, 0.4) is 0 Å². The Kier molecular flexibility index (Phi) is 4.77. The molecule has 19 heavy (non-hydrogen) atoms. The van der Waals surface area contributed by atoms with Crippen LogP contribution in [0.5, 0.6) is 5.75 Å². The fourth-order valence-electron chi connectivity index (χ4n) is 1.80. The summed E-state index contributed by atoms with van der Waals surface area (Å²) in [5.41, 5.74) is 1.05. The maximum Gasteiger partial charge on any atom is 0.142 e. The van der Waals surface area contributed by atoms with Crippen LogP contribution in [0.1, 0.15) is 11.7 Å². The van der Waals surface area contributed by atoms with Crippen molar-refractivity contribution in [2.45, 2.75) is 6.10 Å². The Hall–Kier alpha value is -1.58. The number of nitrogens with one attached hydrogen (secondary N) is 1. The van der Waals surface area contributed by atoms with Gasteiger partial charge < -0.3 is 10.1 Å². The van der Waals surface area contributed by atoms with Gasteiger partial charge in [0, 0.05) is 12.6 Å². The van der Waals surface area contributed by atoms with Gasteiger partial charge in [-0.2, -0.15) is 0 Å². The fourth-order valence-corrected chi connectivity index (χ4v) is 1.97. The molecule has 1 unspecified atom stereocenters.